The van der Waals surface area contributed by atoms with Crippen molar-refractivity contribution < 1.29 is 23.8 Å². The first-order valence-electron chi connectivity index (χ1n) is 9.54. The molecule has 1 amide bonds. The molecular weight excluding hydrogens is 378 g/mol. The average molecular weight is 410 g/mol. The van der Waals surface area contributed by atoms with Crippen LogP contribution in [0.3, 0.4) is 0 Å². The van der Waals surface area contributed by atoms with Crippen molar-refractivity contribution in [3.05, 3.63) is 35.9 Å². The standard InChI is InChI=1S/C21H31NO5S/c1-5-25-18(23)13-11-17(22-20(24)27-21(2,3)4)12-14-19(28)26-15-16-9-7-6-8-10-16/h6-10,17H,5,11-15H2,1-4H3,(H,22,24). The van der Waals surface area contributed by atoms with Gasteiger partial charge >= 0.3 is 12.1 Å². The molecule has 0 saturated carbocycles. The van der Waals surface area contributed by atoms with Gasteiger partial charge in [0.1, 0.15) is 12.2 Å². The highest BCUT2D eigenvalue weighted by Crippen LogP contribution is 2.12. The summed E-state index contributed by atoms with van der Waals surface area (Å²) >= 11 is 5.29. The molecule has 0 heterocycles. The predicted molar refractivity (Wildman–Crippen MR) is 112 cm³/mol. The van der Waals surface area contributed by atoms with Gasteiger partial charge in [-0.05, 0) is 58.3 Å². The Bertz CT molecular complexity index is 627. The lowest BCUT2D eigenvalue weighted by atomic mass is 10.1. The SMILES string of the molecule is CCOC(=O)CCC(CCC(=S)OCc1ccccc1)NC(=O)OC(C)(C)C. The third-order valence-corrected chi connectivity index (χ3v) is 3.98. The van der Waals surface area contributed by atoms with Crippen molar-refractivity contribution >= 4 is 29.3 Å². The molecule has 156 valence electrons. The van der Waals surface area contributed by atoms with Gasteiger partial charge in [-0.2, -0.15) is 0 Å². The lowest BCUT2D eigenvalue weighted by Crippen LogP contribution is -2.39. The molecule has 7 heteroatoms. The van der Waals surface area contributed by atoms with Crippen LogP contribution >= 0.6 is 12.2 Å². The van der Waals surface area contributed by atoms with Gasteiger partial charge in [0.2, 0.25) is 0 Å². The molecule has 28 heavy (non-hydrogen) atoms. The topological polar surface area (TPSA) is 73.9 Å². The van der Waals surface area contributed by atoms with Crippen LogP contribution in [0.2, 0.25) is 0 Å². The van der Waals surface area contributed by atoms with E-state index in [2.05, 4.69) is 5.32 Å². The second kappa shape index (κ2) is 12.3. The van der Waals surface area contributed by atoms with Gasteiger partial charge in [0.05, 0.1) is 6.61 Å². The van der Waals surface area contributed by atoms with Crippen LogP contribution in [0.5, 0.6) is 0 Å². The zero-order valence-corrected chi connectivity index (χ0v) is 18.0. The van der Waals surface area contributed by atoms with Crippen molar-refractivity contribution in [2.24, 2.45) is 0 Å². The molecule has 6 nitrogen and oxygen atoms in total. The van der Waals surface area contributed by atoms with Gasteiger partial charge in [0.25, 0.3) is 0 Å². The zero-order chi connectivity index (χ0) is 21.0. The van der Waals surface area contributed by atoms with E-state index in [0.29, 0.717) is 37.5 Å². The zero-order valence-electron chi connectivity index (χ0n) is 17.2. The molecule has 0 radical (unpaired) electrons. The molecule has 1 atom stereocenters. The summed E-state index contributed by atoms with van der Waals surface area (Å²) in [6.07, 6.45) is 1.18. The van der Waals surface area contributed by atoms with Gasteiger partial charge in [-0.25, -0.2) is 4.79 Å². The van der Waals surface area contributed by atoms with Crippen LogP contribution in [0.15, 0.2) is 30.3 Å². The summed E-state index contributed by atoms with van der Waals surface area (Å²) in [4.78, 5) is 23.7. The number of amides is 1. The number of benzene rings is 1. The fourth-order valence-corrected chi connectivity index (χ4v) is 2.57. The Morgan fingerprint density at radius 1 is 1.07 bits per heavy atom. The number of hydrogen-bond acceptors (Lipinski definition) is 6. The van der Waals surface area contributed by atoms with E-state index >= 15 is 0 Å². The van der Waals surface area contributed by atoms with Crippen LogP contribution in [0, 0.1) is 0 Å². The number of esters is 1. The van der Waals surface area contributed by atoms with E-state index in [1.807, 2.05) is 30.3 Å². The van der Waals surface area contributed by atoms with E-state index in [0.717, 1.165) is 5.56 Å². The van der Waals surface area contributed by atoms with Gasteiger partial charge in [-0.1, -0.05) is 30.3 Å². The highest BCUT2D eigenvalue weighted by molar-refractivity contribution is 7.80. The highest BCUT2D eigenvalue weighted by Gasteiger charge is 2.21. The monoisotopic (exact) mass is 409 g/mol. The molecule has 0 aromatic heterocycles. The van der Waals surface area contributed by atoms with Crippen molar-refractivity contribution in [2.75, 3.05) is 6.61 Å². The minimum Gasteiger partial charge on any atom is -0.482 e. The lowest BCUT2D eigenvalue weighted by Gasteiger charge is -2.23. The Hall–Kier alpha value is -2.15. The van der Waals surface area contributed by atoms with E-state index in [1.165, 1.54) is 0 Å². The maximum Gasteiger partial charge on any atom is 0.407 e. The van der Waals surface area contributed by atoms with Crippen LogP contribution < -0.4 is 5.32 Å². The van der Waals surface area contributed by atoms with Crippen molar-refractivity contribution in [3.63, 3.8) is 0 Å². The Kier molecular flexibility index (Phi) is 10.5. The number of nitrogens with one attached hydrogen (secondary N) is 1. The predicted octanol–water partition coefficient (Wildman–Crippen LogP) is 4.55. The van der Waals surface area contributed by atoms with E-state index in [1.54, 1.807) is 27.7 Å². The van der Waals surface area contributed by atoms with Gasteiger partial charge in [-0.15, -0.1) is 0 Å². The smallest absolute Gasteiger partial charge is 0.407 e. The van der Waals surface area contributed by atoms with Crippen LogP contribution in [0.1, 0.15) is 58.9 Å². The fourth-order valence-electron chi connectivity index (χ4n) is 2.39. The maximum atomic E-state index is 12.1. The summed E-state index contributed by atoms with van der Waals surface area (Å²) in [5, 5.41) is 3.28. The van der Waals surface area contributed by atoms with Gasteiger partial charge in [0, 0.05) is 18.9 Å². The summed E-state index contributed by atoms with van der Waals surface area (Å²) in [5.41, 5.74) is 0.444. The molecule has 0 bridgehead atoms. The quantitative estimate of drug-likeness (QED) is 0.451. The first-order valence-corrected chi connectivity index (χ1v) is 9.95. The summed E-state index contributed by atoms with van der Waals surface area (Å²) < 4.78 is 15.9. The summed E-state index contributed by atoms with van der Waals surface area (Å²) in [5.74, 6) is -0.290. The number of carbonyl (C=O) groups excluding carboxylic acids is 2. The normalized spacial score (nSPS) is 12.0. The van der Waals surface area contributed by atoms with Crippen molar-refractivity contribution in [1.29, 1.82) is 0 Å². The van der Waals surface area contributed by atoms with Crippen molar-refractivity contribution in [1.82, 2.24) is 5.32 Å². The first-order chi connectivity index (χ1) is 13.2. The highest BCUT2D eigenvalue weighted by atomic mass is 32.1. The summed E-state index contributed by atoms with van der Waals surface area (Å²) in [6.45, 7) is 7.90. The third kappa shape index (κ3) is 11.5. The van der Waals surface area contributed by atoms with E-state index in [4.69, 9.17) is 26.4 Å². The second-order valence-electron chi connectivity index (χ2n) is 7.37. The van der Waals surface area contributed by atoms with Crippen molar-refractivity contribution in [2.45, 2.75) is 71.6 Å². The molecular formula is C21H31NO5S. The summed E-state index contributed by atoms with van der Waals surface area (Å²) in [7, 11) is 0. The van der Waals surface area contributed by atoms with E-state index < -0.39 is 11.7 Å². The summed E-state index contributed by atoms with van der Waals surface area (Å²) in [6, 6.07) is 9.50. The molecule has 1 N–H and O–H groups in total. The Morgan fingerprint density at radius 2 is 1.71 bits per heavy atom. The Morgan fingerprint density at radius 3 is 2.32 bits per heavy atom. The van der Waals surface area contributed by atoms with Gasteiger partial charge in [-0.3, -0.25) is 4.79 Å². The number of rotatable bonds is 10. The van der Waals surface area contributed by atoms with E-state index in [-0.39, 0.29) is 18.4 Å². The number of carbonyl (C=O) groups is 2. The molecule has 1 aromatic rings. The Balaban J connectivity index is 2.51. The van der Waals surface area contributed by atoms with Gasteiger partial charge < -0.3 is 19.5 Å². The van der Waals surface area contributed by atoms with Gasteiger partial charge in [0.15, 0.2) is 5.05 Å². The largest absolute Gasteiger partial charge is 0.482 e. The molecule has 0 aliphatic rings. The average Bonchev–Trinajstić information content (AvgIpc) is 2.61. The minimum atomic E-state index is -0.593. The lowest BCUT2D eigenvalue weighted by molar-refractivity contribution is -0.143. The minimum absolute atomic E-state index is 0.214. The fraction of sp³-hybridized carbons (Fsp3) is 0.571. The van der Waals surface area contributed by atoms with Crippen LogP contribution in [0.4, 0.5) is 4.79 Å². The number of ether oxygens (including phenoxy) is 3. The van der Waals surface area contributed by atoms with Crippen LogP contribution in [0.25, 0.3) is 0 Å². The third-order valence-electron chi connectivity index (χ3n) is 3.66. The Labute approximate surface area is 172 Å². The molecule has 1 unspecified atom stereocenters. The maximum absolute atomic E-state index is 12.1. The molecule has 0 saturated heterocycles. The molecule has 0 aliphatic heterocycles. The van der Waals surface area contributed by atoms with Crippen molar-refractivity contribution in [3.8, 4) is 0 Å². The molecule has 0 spiro atoms. The number of thiocarbonyl (C=S) groups is 1. The molecule has 0 aliphatic carbocycles. The van der Waals surface area contributed by atoms with Crippen LogP contribution in [-0.2, 0) is 25.6 Å². The number of hydrogen-bond donors (Lipinski definition) is 1. The second-order valence-corrected chi connectivity index (χ2v) is 7.83. The van der Waals surface area contributed by atoms with E-state index in [9.17, 15) is 9.59 Å². The molecule has 1 aromatic carbocycles. The van der Waals surface area contributed by atoms with Crippen LogP contribution in [-0.4, -0.2) is 35.4 Å². The number of alkyl carbamates (subject to hydrolysis) is 1. The first kappa shape index (κ1) is 23.9. The molecule has 1 rings (SSSR count). The molecule has 0 fully saturated rings.